The van der Waals surface area contributed by atoms with E-state index in [1.54, 1.807) is 11.0 Å². The van der Waals surface area contributed by atoms with Crippen LogP contribution in [0, 0.1) is 0 Å². The summed E-state index contributed by atoms with van der Waals surface area (Å²) in [4.78, 5) is 14.8. The number of rotatable bonds is 4. The van der Waals surface area contributed by atoms with E-state index in [1.165, 1.54) is 23.5 Å². The van der Waals surface area contributed by atoms with Gasteiger partial charge in [0.2, 0.25) is 0 Å². The summed E-state index contributed by atoms with van der Waals surface area (Å²) in [5.74, 6) is 0.104. The van der Waals surface area contributed by atoms with Crippen molar-refractivity contribution < 1.29 is 22.7 Å². The number of methoxy groups -OCH3 is 1. The maximum absolute atomic E-state index is 13.5. The molecule has 1 saturated heterocycles. The highest BCUT2D eigenvalue weighted by Crippen LogP contribution is 2.37. The summed E-state index contributed by atoms with van der Waals surface area (Å²) in [6.45, 7) is 3.76. The second-order valence-corrected chi connectivity index (χ2v) is 9.06. The number of carbonyl (C=O) groups excluding carboxylic acids is 1. The molecule has 2 aliphatic rings. The molecular formula is C21H24N2O5S. The Labute approximate surface area is 170 Å². The van der Waals surface area contributed by atoms with Crippen LogP contribution in [0.5, 0.6) is 5.75 Å². The van der Waals surface area contributed by atoms with E-state index >= 15 is 0 Å². The molecule has 8 heteroatoms. The van der Waals surface area contributed by atoms with Crippen molar-refractivity contribution in [1.29, 1.82) is 0 Å². The number of benzene rings is 2. The summed E-state index contributed by atoms with van der Waals surface area (Å²) in [5, 5.41) is 0. The molecule has 0 aromatic heterocycles. The Morgan fingerprint density at radius 2 is 1.86 bits per heavy atom. The molecule has 2 aromatic rings. The molecule has 1 atom stereocenters. The van der Waals surface area contributed by atoms with Gasteiger partial charge >= 0.3 is 0 Å². The van der Waals surface area contributed by atoms with E-state index in [-0.39, 0.29) is 22.4 Å². The molecular weight excluding hydrogens is 392 g/mol. The Balaban J connectivity index is 1.74. The summed E-state index contributed by atoms with van der Waals surface area (Å²) in [7, 11) is -2.36. The smallest absolute Gasteiger partial charge is 0.264 e. The molecule has 0 bridgehead atoms. The van der Waals surface area contributed by atoms with Crippen LogP contribution in [0.25, 0.3) is 0 Å². The van der Waals surface area contributed by atoms with E-state index in [1.807, 2.05) is 31.2 Å². The number of para-hydroxylation sites is 1. The normalized spacial score (nSPS) is 19.2. The van der Waals surface area contributed by atoms with E-state index in [4.69, 9.17) is 9.47 Å². The van der Waals surface area contributed by atoms with Gasteiger partial charge in [-0.1, -0.05) is 18.2 Å². The van der Waals surface area contributed by atoms with Gasteiger partial charge in [0.1, 0.15) is 5.75 Å². The highest BCUT2D eigenvalue weighted by atomic mass is 32.2. The summed E-state index contributed by atoms with van der Waals surface area (Å²) >= 11 is 0. The minimum atomic E-state index is -3.83. The topological polar surface area (TPSA) is 76.2 Å². The lowest BCUT2D eigenvalue weighted by Gasteiger charge is -2.28. The Bertz CT molecular complexity index is 1030. The largest absolute Gasteiger partial charge is 0.496 e. The van der Waals surface area contributed by atoms with Gasteiger partial charge in [0.05, 0.1) is 36.5 Å². The number of nitrogens with zero attached hydrogens (tertiary/aromatic N) is 2. The minimum absolute atomic E-state index is 0.0819. The lowest BCUT2D eigenvalue weighted by atomic mass is 10.1. The van der Waals surface area contributed by atoms with Crippen molar-refractivity contribution in [2.75, 3.05) is 37.7 Å². The van der Waals surface area contributed by atoms with Gasteiger partial charge in [0.15, 0.2) is 0 Å². The van der Waals surface area contributed by atoms with Crippen molar-refractivity contribution in [1.82, 2.24) is 4.90 Å². The van der Waals surface area contributed by atoms with Gasteiger partial charge in [-0.2, -0.15) is 0 Å². The van der Waals surface area contributed by atoms with Crippen LogP contribution in [0.2, 0.25) is 0 Å². The number of carbonyl (C=O) groups is 1. The summed E-state index contributed by atoms with van der Waals surface area (Å²) < 4.78 is 39.1. The molecule has 1 fully saturated rings. The first kappa shape index (κ1) is 19.7. The van der Waals surface area contributed by atoms with Crippen molar-refractivity contribution in [2.45, 2.75) is 24.3 Å². The zero-order valence-corrected chi connectivity index (χ0v) is 17.3. The third-order valence-corrected chi connectivity index (χ3v) is 7.33. The fourth-order valence-electron chi connectivity index (χ4n) is 3.97. The van der Waals surface area contributed by atoms with Crippen molar-refractivity contribution in [3.8, 4) is 5.75 Å². The molecule has 0 saturated carbocycles. The molecule has 4 rings (SSSR count). The average Bonchev–Trinajstić information content (AvgIpc) is 3.09. The number of sulfonamides is 1. The maximum atomic E-state index is 13.5. The van der Waals surface area contributed by atoms with Crippen LogP contribution in [0.15, 0.2) is 47.4 Å². The molecule has 2 aliphatic heterocycles. The second-order valence-electron chi connectivity index (χ2n) is 7.25. The van der Waals surface area contributed by atoms with Gasteiger partial charge in [0.25, 0.3) is 15.9 Å². The van der Waals surface area contributed by atoms with E-state index in [0.29, 0.717) is 44.2 Å². The van der Waals surface area contributed by atoms with Crippen LogP contribution in [0.3, 0.4) is 0 Å². The SMILES string of the molecule is COc1ccc(S(=O)(=O)N2c3ccccc3CC2C)cc1C(=O)N1CCOCC1. The molecule has 0 spiro atoms. The lowest BCUT2D eigenvalue weighted by Crippen LogP contribution is -2.41. The monoisotopic (exact) mass is 416 g/mol. The zero-order valence-electron chi connectivity index (χ0n) is 16.5. The molecule has 1 amide bonds. The standard InChI is InChI=1S/C21H24N2O5S/c1-15-13-16-5-3-4-6-19(16)23(15)29(25,26)17-7-8-20(27-2)18(14-17)21(24)22-9-11-28-12-10-22/h3-8,14-15H,9-13H2,1-2H3. The number of hydrogen-bond donors (Lipinski definition) is 0. The molecule has 29 heavy (non-hydrogen) atoms. The summed E-state index contributed by atoms with van der Waals surface area (Å²) in [6, 6.07) is 11.8. The first-order valence-electron chi connectivity index (χ1n) is 9.61. The maximum Gasteiger partial charge on any atom is 0.264 e. The van der Waals surface area contributed by atoms with Crippen LogP contribution in [0.1, 0.15) is 22.8 Å². The predicted molar refractivity (Wildman–Crippen MR) is 109 cm³/mol. The number of hydrogen-bond acceptors (Lipinski definition) is 5. The van der Waals surface area contributed by atoms with Crippen molar-refractivity contribution >= 4 is 21.6 Å². The van der Waals surface area contributed by atoms with E-state index in [0.717, 1.165) is 5.56 Å². The molecule has 1 unspecified atom stereocenters. The summed E-state index contributed by atoms with van der Waals surface area (Å²) in [5.41, 5.74) is 1.94. The quantitative estimate of drug-likeness (QED) is 0.765. The molecule has 0 N–H and O–H groups in total. The van der Waals surface area contributed by atoms with Gasteiger partial charge in [-0.3, -0.25) is 9.10 Å². The van der Waals surface area contributed by atoms with Crippen LogP contribution in [-0.2, 0) is 21.2 Å². The Morgan fingerprint density at radius 3 is 2.59 bits per heavy atom. The van der Waals surface area contributed by atoms with Crippen molar-refractivity contribution in [2.24, 2.45) is 0 Å². The fraction of sp³-hybridized carbons (Fsp3) is 0.381. The molecule has 154 valence electrons. The van der Waals surface area contributed by atoms with Gasteiger partial charge in [-0.25, -0.2) is 8.42 Å². The Hall–Kier alpha value is -2.58. The van der Waals surface area contributed by atoms with Gasteiger partial charge < -0.3 is 14.4 Å². The number of amides is 1. The lowest BCUT2D eigenvalue weighted by molar-refractivity contribution is 0.0300. The van der Waals surface area contributed by atoms with Gasteiger partial charge in [-0.05, 0) is 43.2 Å². The third kappa shape index (κ3) is 3.47. The first-order valence-corrected chi connectivity index (χ1v) is 11.0. The van der Waals surface area contributed by atoms with Crippen LogP contribution < -0.4 is 9.04 Å². The Kier molecular flexibility index (Phi) is 5.23. The minimum Gasteiger partial charge on any atom is -0.496 e. The second kappa shape index (κ2) is 7.68. The number of anilines is 1. The molecule has 7 nitrogen and oxygen atoms in total. The third-order valence-electron chi connectivity index (χ3n) is 5.40. The van der Waals surface area contributed by atoms with E-state index in [2.05, 4.69) is 0 Å². The molecule has 0 aliphatic carbocycles. The first-order chi connectivity index (χ1) is 13.9. The van der Waals surface area contributed by atoms with E-state index in [9.17, 15) is 13.2 Å². The number of fused-ring (bicyclic) bond motifs is 1. The predicted octanol–water partition coefficient (Wildman–Crippen LogP) is 2.31. The summed E-state index contributed by atoms with van der Waals surface area (Å²) in [6.07, 6.45) is 0.658. The van der Waals surface area contributed by atoms with Crippen molar-refractivity contribution in [3.05, 3.63) is 53.6 Å². The zero-order chi connectivity index (χ0) is 20.6. The van der Waals surface area contributed by atoms with Crippen LogP contribution in [0.4, 0.5) is 5.69 Å². The van der Waals surface area contributed by atoms with Crippen molar-refractivity contribution in [3.63, 3.8) is 0 Å². The number of morpholine rings is 1. The Morgan fingerprint density at radius 1 is 1.14 bits per heavy atom. The highest BCUT2D eigenvalue weighted by molar-refractivity contribution is 7.92. The van der Waals surface area contributed by atoms with Gasteiger partial charge in [-0.15, -0.1) is 0 Å². The average molecular weight is 416 g/mol. The molecule has 0 radical (unpaired) electrons. The van der Waals surface area contributed by atoms with Crippen LogP contribution in [-0.4, -0.2) is 58.7 Å². The van der Waals surface area contributed by atoms with Crippen LogP contribution >= 0.6 is 0 Å². The van der Waals surface area contributed by atoms with E-state index < -0.39 is 10.0 Å². The highest BCUT2D eigenvalue weighted by Gasteiger charge is 2.36. The molecule has 2 aromatic carbocycles. The fourth-order valence-corrected chi connectivity index (χ4v) is 5.69. The molecule has 2 heterocycles. The number of ether oxygens (including phenoxy) is 2. The van der Waals surface area contributed by atoms with Gasteiger partial charge in [0, 0.05) is 19.1 Å².